The smallest absolute Gasteiger partial charge is 0.166 e. The number of nitrogens with zero attached hydrogens (tertiary/aromatic N) is 4. The molecule has 0 bridgehead atoms. The van der Waals surface area contributed by atoms with Gasteiger partial charge in [0, 0.05) is 27.1 Å². The Labute approximate surface area is 131 Å². The van der Waals surface area contributed by atoms with Crippen molar-refractivity contribution in [3.63, 3.8) is 0 Å². The van der Waals surface area contributed by atoms with Gasteiger partial charge in [-0.3, -0.25) is 0 Å². The Hall–Kier alpha value is -2.47. The van der Waals surface area contributed by atoms with Gasteiger partial charge >= 0.3 is 0 Å². The standard InChI is InChI=1S/C16H15N5S/c1-9(2)21-15(20-13-14(17)18-8-19-16(13)21)11-7-22-12-6-4-3-5-10(11)12/h3-9H,1-2H3,(H2,17,18,19). The minimum absolute atomic E-state index is 0.230. The average Bonchev–Trinajstić information content (AvgIpc) is 3.08. The summed E-state index contributed by atoms with van der Waals surface area (Å²) < 4.78 is 3.38. The van der Waals surface area contributed by atoms with E-state index in [2.05, 4.69) is 58.0 Å². The van der Waals surface area contributed by atoms with Crippen LogP contribution in [-0.4, -0.2) is 19.5 Å². The van der Waals surface area contributed by atoms with Crippen LogP contribution in [0.25, 0.3) is 32.6 Å². The molecule has 4 aromatic rings. The summed E-state index contributed by atoms with van der Waals surface area (Å²) in [6.07, 6.45) is 1.49. The van der Waals surface area contributed by atoms with Gasteiger partial charge in [0.2, 0.25) is 0 Å². The minimum atomic E-state index is 0.230. The highest BCUT2D eigenvalue weighted by Gasteiger charge is 2.20. The number of nitrogens with two attached hydrogens (primary N) is 1. The van der Waals surface area contributed by atoms with Crippen molar-refractivity contribution in [2.45, 2.75) is 19.9 Å². The Bertz CT molecular complexity index is 983. The monoisotopic (exact) mass is 309 g/mol. The number of hydrogen-bond acceptors (Lipinski definition) is 5. The summed E-state index contributed by atoms with van der Waals surface area (Å²) in [4.78, 5) is 13.2. The van der Waals surface area contributed by atoms with Crippen LogP contribution in [0.15, 0.2) is 36.0 Å². The molecular weight excluding hydrogens is 294 g/mol. The molecule has 0 spiro atoms. The Morgan fingerprint density at radius 2 is 2.00 bits per heavy atom. The lowest BCUT2D eigenvalue weighted by atomic mass is 10.1. The van der Waals surface area contributed by atoms with E-state index in [9.17, 15) is 0 Å². The van der Waals surface area contributed by atoms with Crippen molar-refractivity contribution < 1.29 is 0 Å². The van der Waals surface area contributed by atoms with Crippen LogP contribution < -0.4 is 5.73 Å². The van der Waals surface area contributed by atoms with Crippen molar-refractivity contribution in [1.82, 2.24) is 19.5 Å². The number of benzene rings is 1. The van der Waals surface area contributed by atoms with Crippen LogP contribution >= 0.6 is 11.3 Å². The number of rotatable bonds is 2. The minimum Gasteiger partial charge on any atom is -0.382 e. The van der Waals surface area contributed by atoms with Gasteiger partial charge in [-0.25, -0.2) is 15.0 Å². The molecule has 0 aliphatic rings. The number of anilines is 1. The van der Waals surface area contributed by atoms with Gasteiger partial charge in [-0.05, 0) is 19.9 Å². The summed E-state index contributed by atoms with van der Waals surface area (Å²) >= 11 is 1.72. The summed E-state index contributed by atoms with van der Waals surface area (Å²) in [6.45, 7) is 4.24. The van der Waals surface area contributed by atoms with E-state index in [0.717, 1.165) is 17.0 Å². The van der Waals surface area contributed by atoms with Crippen LogP contribution in [0.2, 0.25) is 0 Å². The molecule has 0 saturated carbocycles. The first kappa shape index (κ1) is 13.2. The van der Waals surface area contributed by atoms with E-state index in [4.69, 9.17) is 10.7 Å². The second kappa shape index (κ2) is 4.78. The van der Waals surface area contributed by atoms with Crippen LogP contribution in [0.1, 0.15) is 19.9 Å². The topological polar surface area (TPSA) is 69.6 Å². The molecule has 0 aliphatic heterocycles. The lowest BCUT2D eigenvalue weighted by Gasteiger charge is -2.11. The number of thiophene rings is 1. The molecule has 1 aromatic carbocycles. The zero-order valence-electron chi connectivity index (χ0n) is 12.3. The second-order valence-corrected chi connectivity index (χ2v) is 6.39. The first-order chi connectivity index (χ1) is 10.7. The van der Waals surface area contributed by atoms with Gasteiger partial charge in [-0.2, -0.15) is 0 Å². The second-order valence-electron chi connectivity index (χ2n) is 5.48. The van der Waals surface area contributed by atoms with Crippen molar-refractivity contribution in [2.24, 2.45) is 0 Å². The Balaban J connectivity index is 2.10. The molecule has 4 rings (SSSR count). The maximum absolute atomic E-state index is 5.98. The lowest BCUT2D eigenvalue weighted by Crippen LogP contribution is -2.04. The molecular formula is C16H15N5S. The molecule has 0 radical (unpaired) electrons. The molecule has 0 aliphatic carbocycles. The molecule has 3 heterocycles. The number of hydrogen-bond donors (Lipinski definition) is 1. The quantitative estimate of drug-likeness (QED) is 0.610. The Morgan fingerprint density at radius 1 is 1.18 bits per heavy atom. The third kappa shape index (κ3) is 1.80. The fraction of sp³-hybridized carbons (Fsp3) is 0.188. The highest BCUT2D eigenvalue weighted by Crippen LogP contribution is 2.36. The lowest BCUT2D eigenvalue weighted by molar-refractivity contribution is 0.620. The Morgan fingerprint density at radius 3 is 2.82 bits per heavy atom. The van der Waals surface area contributed by atoms with Crippen molar-refractivity contribution in [2.75, 3.05) is 5.73 Å². The molecule has 2 N–H and O–H groups in total. The third-order valence-corrected chi connectivity index (χ3v) is 4.71. The first-order valence-corrected chi connectivity index (χ1v) is 8.00. The largest absolute Gasteiger partial charge is 0.382 e. The van der Waals surface area contributed by atoms with Gasteiger partial charge in [-0.1, -0.05) is 18.2 Å². The van der Waals surface area contributed by atoms with Crippen LogP contribution in [0.4, 0.5) is 5.82 Å². The van der Waals surface area contributed by atoms with Crippen LogP contribution in [-0.2, 0) is 0 Å². The van der Waals surface area contributed by atoms with Gasteiger partial charge < -0.3 is 10.3 Å². The summed E-state index contributed by atoms with van der Waals surface area (Å²) in [6, 6.07) is 8.58. The van der Waals surface area contributed by atoms with Gasteiger partial charge in [-0.15, -0.1) is 11.3 Å². The van der Waals surface area contributed by atoms with Crippen LogP contribution in [0.3, 0.4) is 0 Å². The molecule has 3 aromatic heterocycles. The van der Waals surface area contributed by atoms with Crippen molar-refractivity contribution in [1.29, 1.82) is 0 Å². The van der Waals surface area contributed by atoms with Crippen LogP contribution in [0.5, 0.6) is 0 Å². The maximum Gasteiger partial charge on any atom is 0.166 e. The van der Waals surface area contributed by atoms with E-state index in [1.54, 1.807) is 11.3 Å². The zero-order valence-corrected chi connectivity index (χ0v) is 13.1. The molecule has 0 unspecified atom stereocenters. The van der Waals surface area contributed by atoms with E-state index < -0.39 is 0 Å². The number of imidazole rings is 1. The molecule has 0 atom stereocenters. The summed E-state index contributed by atoms with van der Waals surface area (Å²) in [5, 5.41) is 3.35. The van der Waals surface area contributed by atoms with Crippen molar-refractivity contribution in [3.05, 3.63) is 36.0 Å². The first-order valence-electron chi connectivity index (χ1n) is 7.12. The maximum atomic E-state index is 5.98. The zero-order chi connectivity index (χ0) is 15.3. The molecule has 6 heteroatoms. The third-order valence-electron chi connectivity index (χ3n) is 3.74. The van der Waals surface area contributed by atoms with Crippen LogP contribution in [0, 0.1) is 0 Å². The molecule has 110 valence electrons. The normalized spacial score (nSPS) is 11.8. The molecule has 22 heavy (non-hydrogen) atoms. The van der Waals surface area contributed by atoms with E-state index in [-0.39, 0.29) is 6.04 Å². The van der Waals surface area contributed by atoms with Gasteiger partial charge in [0.25, 0.3) is 0 Å². The summed E-state index contributed by atoms with van der Waals surface area (Å²) in [5.41, 5.74) is 8.55. The van der Waals surface area contributed by atoms with E-state index in [1.807, 2.05) is 0 Å². The van der Waals surface area contributed by atoms with E-state index in [1.165, 1.54) is 16.4 Å². The van der Waals surface area contributed by atoms with Crippen molar-refractivity contribution >= 4 is 38.4 Å². The predicted molar refractivity (Wildman–Crippen MR) is 90.9 cm³/mol. The molecule has 0 saturated heterocycles. The Kier molecular flexibility index (Phi) is 2.87. The van der Waals surface area contributed by atoms with E-state index >= 15 is 0 Å². The summed E-state index contributed by atoms with van der Waals surface area (Å²) in [7, 11) is 0. The van der Waals surface area contributed by atoms with Gasteiger partial charge in [0.05, 0.1) is 0 Å². The molecule has 0 fully saturated rings. The number of fused-ring (bicyclic) bond motifs is 2. The fourth-order valence-corrected chi connectivity index (χ4v) is 3.70. The fourth-order valence-electron chi connectivity index (χ4n) is 2.76. The summed E-state index contributed by atoms with van der Waals surface area (Å²) in [5.74, 6) is 1.32. The van der Waals surface area contributed by atoms with Crippen molar-refractivity contribution in [3.8, 4) is 11.4 Å². The van der Waals surface area contributed by atoms with Gasteiger partial charge in [0.15, 0.2) is 17.0 Å². The number of aromatic nitrogens is 4. The molecule has 5 nitrogen and oxygen atoms in total. The highest BCUT2D eigenvalue weighted by atomic mass is 32.1. The SMILES string of the molecule is CC(C)n1c(-c2csc3ccccc23)nc2c(N)ncnc21. The van der Waals surface area contributed by atoms with E-state index in [0.29, 0.717) is 11.3 Å². The molecule has 0 amide bonds. The average molecular weight is 309 g/mol. The highest BCUT2D eigenvalue weighted by molar-refractivity contribution is 7.17. The number of nitrogen functional groups attached to an aromatic ring is 1. The predicted octanol–water partition coefficient (Wildman–Crippen LogP) is 3.87. The van der Waals surface area contributed by atoms with Gasteiger partial charge in [0.1, 0.15) is 12.2 Å².